The minimum atomic E-state index is -1.07. The first-order valence-electron chi connectivity index (χ1n) is 12.1. The number of hydrogen-bond acceptors (Lipinski definition) is 6. The Morgan fingerprint density at radius 3 is 2.75 bits per heavy atom. The number of carboxylic acid groups (broad SMARTS) is 1. The van der Waals surface area contributed by atoms with E-state index in [0.717, 1.165) is 49.3 Å². The number of fused-ring (bicyclic) bond motifs is 1. The highest BCUT2D eigenvalue weighted by atomic mass is 32.1. The number of aryl methyl sites for hydroxylation is 1. The van der Waals surface area contributed by atoms with Crippen molar-refractivity contribution in [3.8, 4) is 21.8 Å². The molecule has 0 radical (unpaired) electrons. The van der Waals surface area contributed by atoms with Crippen LogP contribution in [0.2, 0.25) is 0 Å². The van der Waals surface area contributed by atoms with Gasteiger partial charge in [-0.15, -0.1) is 11.3 Å². The van der Waals surface area contributed by atoms with Crippen molar-refractivity contribution < 1.29 is 19.1 Å². The van der Waals surface area contributed by atoms with Gasteiger partial charge in [-0.05, 0) is 44.4 Å². The molecule has 1 saturated heterocycles. The van der Waals surface area contributed by atoms with E-state index in [1.165, 1.54) is 12.3 Å². The Balaban J connectivity index is 1.49. The predicted molar refractivity (Wildman–Crippen MR) is 135 cm³/mol. The second-order valence-electron chi connectivity index (χ2n) is 9.01. The molecule has 1 N–H and O–H groups in total. The van der Waals surface area contributed by atoms with Crippen LogP contribution in [0.3, 0.4) is 0 Å². The summed E-state index contributed by atoms with van der Waals surface area (Å²) in [6.45, 7) is 4.79. The number of hydrogen-bond donors (Lipinski definition) is 1. The fourth-order valence-corrected chi connectivity index (χ4v) is 5.37. The molecular weight excluding hydrogens is 481 g/mol. The van der Waals surface area contributed by atoms with Crippen LogP contribution in [0.1, 0.15) is 65.4 Å². The zero-order valence-electron chi connectivity index (χ0n) is 20.1. The molecule has 1 amide bonds. The van der Waals surface area contributed by atoms with E-state index in [1.54, 1.807) is 28.8 Å². The highest BCUT2D eigenvalue weighted by Gasteiger charge is 2.25. The molecule has 1 fully saturated rings. The zero-order chi connectivity index (χ0) is 25.4. The fraction of sp³-hybridized carbons (Fsp3) is 0.346. The first kappa shape index (κ1) is 24.1. The molecule has 5 rings (SSSR count). The van der Waals surface area contributed by atoms with Gasteiger partial charge in [-0.1, -0.05) is 25.8 Å². The molecule has 0 aliphatic carbocycles. The van der Waals surface area contributed by atoms with Gasteiger partial charge >= 0.3 is 5.97 Å². The quantitative estimate of drug-likeness (QED) is 0.392. The third-order valence-electron chi connectivity index (χ3n) is 6.60. The van der Waals surface area contributed by atoms with Gasteiger partial charge in [0, 0.05) is 35.5 Å². The van der Waals surface area contributed by atoms with Crippen molar-refractivity contribution in [1.29, 1.82) is 0 Å². The molecule has 1 atom stereocenters. The fourth-order valence-electron chi connectivity index (χ4n) is 4.62. The van der Waals surface area contributed by atoms with Crippen LogP contribution in [0.5, 0.6) is 0 Å². The molecule has 0 bridgehead atoms. The van der Waals surface area contributed by atoms with Gasteiger partial charge in [0.05, 0.1) is 11.9 Å². The lowest BCUT2D eigenvalue weighted by molar-refractivity contribution is 0.0686. The number of amides is 1. The van der Waals surface area contributed by atoms with Crippen molar-refractivity contribution in [2.75, 3.05) is 6.54 Å². The second-order valence-corrected chi connectivity index (χ2v) is 10.0. The average molecular weight is 508 g/mol. The molecule has 36 heavy (non-hydrogen) atoms. The Labute approximate surface area is 211 Å². The van der Waals surface area contributed by atoms with Crippen LogP contribution >= 0.6 is 11.3 Å². The van der Waals surface area contributed by atoms with E-state index in [1.807, 2.05) is 11.8 Å². The minimum Gasteiger partial charge on any atom is -0.477 e. The van der Waals surface area contributed by atoms with E-state index in [2.05, 4.69) is 22.0 Å². The summed E-state index contributed by atoms with van der Waals surface area (Å²) in [5.74, 6) is -1.65. The number of carboxylic acids is 1. The number of aromatic carboxylic acids is 1. The zero-order valence-corrected chi connectivity index (χ0v) is 20.9. The topological polar surface area (TPSA) is 101 Å². The van der Waals surface area contributed by atoms with Crippen molar-refractivity contribution in [1.82, 2.24) is 24.5 Å². The van der Waals surface area contributed by atoms with E-state index in [-0.39, 0.29) is 22.4 Å². The number of aromatic nitrogens is 4. The molecule has 4 aromatic rings. The summed E-state index contributed by atoms with van der Waals surface area (Å²) in [5.41, 5.74) is 2.87. The maximum absolute atomic E-state index is 15.2. The van der Waals surface area contributed by atoms with Crippen LogP contribution in [0.25, 0.3) is 27.5 Å². The minimum absolute atomic E-state index is 0.0796. The standard InChI is InChI=1S/C26H26FN5O3S/c1-3-17-12-21(25(33)31-10-6-4-5-7-15(31)2)29-23-13-20(30-32(17)23)18-9-8-16(11-19(18)27)24-28-14-22(36-24)26(34)35/h8-9,11-15H,3-7,10H2,1-2H3,(H,34,35)/t15-/m1/s1. The van der Waals surface area contributed by atoms with Crippen LogP contribution in [0.4, 0.5) is 4.39 Å². The van der Waals surface area contributed by atoms with Gasteiger partial charge < -0.3 is 10.0 Å². The van der Waals surface area contributed by atoms with E-state index in [4.69, 9.17) is 5.11 Å². The number of thiazole rings is 1. The first-order valence-corrected chi connectivity index (χ1v) is 12.9. The summed E-state index contributed by atoms with van der Waals surface area (Å²) < 4.78 is 16.8. The van der Waals surface area contributed by atoms with Gasteiger partial charge in [-0.2, -0.15) is 5.10 Å². The van der Waals surface area contributed by atoms with Gasteiger partial charge in [-0.25, -0.2) is 23.7 Å². The number of carbonyl (C=O) groups is 2. The maximum Gasteiger partial charge on any atom is 0.347 e. The van der Waals surface area contributed by atoms with E-state index >= 15 is 4.39 Å². The predicted octanol–water partition coefficient (Wildman–Crippen LogP) is 5.32. The number of benzene rings is 1. The molecule has 8 nitrogen and oxygen atoms in total. The maximum atomic E-state index is 15.2. The van der Waals surface area contributed by atoms with Crippen molar-refractivity contribution in [3.05, 3.63) is 58.6 Å². The van der Waals surface area contributed by atoms with Crippen LogP contribution in [0.15, 0.2) is 36.5 Å². The first-order chi connectivity index (χ1) is 17.4. The monoisotopic (exact) mass is 507 g/mol. The summed E-state index contributed by atoms with van der Waals surface area (Å²) in [5, 5.41) is 14.1. The molecule has 4 heterocycles. The SMILES string of the molecule is CCc1cc(C(=O)N2CCCCC[C@H]2C)nc2cc(-c3ccc(-c4ncc(C(=O)O)s4)cc3F)nn12. The lowest BCUT2D eigenvalue weighted by Crippen LogP contribution is -2.38. The summed E-state index contributed by atoms with van der Waals surface area (Å²) in [6.07, 6.45) is 6.12. The Kier molecular flexibility index (Phi) is 6.53. The number of halogens is 1. The highest BCUT2D eigenvalue weighted by Crippen LogP contribution is 2.31. The molecule has 186 valence electrons. The van der Waals surface area contributed by atoms with Gasteiger partial charge in [0.1, 0.15) is 21.4 Å². The van der Waals surface area contributed by atoms with Crippen molar-refractivity contribution in [2.24, 2.45) is 0 Å². The van der Waals surface area contributed by atoms with E-state index in [0.29, 0.717) is 34.0 Å². The Morgan fingerprint density at radius 2 is 2.03 bits per heavy atom. The molecular formula is C26H26FN5O3S. The van der Waals surface area contributed by atoms with Gasteiger partial charge in [0.25, 0.3) is 5.91 Å². The van der Waals surface area contributed by atoms with Crippen molar-refractivity contribution >= 4 is 28.9 Å². The molecule has 0 saturated carbocycles. The lowest BCUT2D eigenvalue weighted by atomic mass is 10.1. The highest BCUT2D eigenvalue weighted by molar-refractivity contribution is 7.16. The summed E-state index contributed by atoms with van der Waals surface area (Å²) in [7, 11) is 0. The smallest absolute Gasteiger partial charge is 0.347 e. The summed E-state index contributed by atoms with van der Waals surface area (Å²) in [6, 6.07) is 8.26. The third kappa shape index (κ3) is 4.48. The molecule has 1 aliphatic heterocycles. The average Bonchev–Trinajstić information content (AvgIpc) is 3.47. The van der Waals surface area contributed by atoms with Crippen molar-refractivity contribution in [3.63, 3.8) is 0 Å². The van der Waals surface area contributed by atoms with Crippen LogP contribution in [-0.4, -0.2) is 54.1 Å². The second kappa shape index (κ2) is 9.77. The Bertz CT molecular complexity index is 1460. The molecule has 3 aromatic heterocycles. The van der Waals surface area contributed by atoms with Gasteiger partial charge in [-0.3, -0.25) is 4.79 Å². The number of likely N-dealkylation sites (tertiary alicyclic amines) is 1. The summed E-state index contributed by atoms with van der Waals surface area (Å²) in [4.78, 5) is 35.2. The molecule has 0 unspecified atom stereocenters. The van der Waals surface area contributed by atoms with Gasteiger partial charge in [0.2, 0.25) is 0 Å². The third-order valence-corrected chi connectivity index (χ3v) is 7.64. The Morgan fingerprint density at radius 1 is 1.19 bits per heavy atom. The molecule has 1 aliphatic rings. The molecule has 0 spiro atoms. The Hall–Kier alpha value is -3.66. The number of nitrogens with zero attached hydrogens (tertiary/aromatic N) is 5. The van der Waals surface area contributed by atoms with E-state index in [9.17, 15) is 9.59 Å². The lowest BCUT2D eigenvalue weighted by Gasteiger charge is -2.27. The summed E-state index contributed by atoms with van der Waals surface area (Å²) >= 11 is 0.988. The van der Waals surface area contributed by atoms with Crippen LogP contribution < -0.4 is 0 Å². The van der Waals surface area contributed by atoms with Crippen LogP contribution in [0, 0.1) is 5.82 Å². The molecule has 1 aromatic carbocycles. The normalized spacial score (nSPS) is 16.3. The van der Waals surface area contributed by atoms with E-state index < -0.39 is 11.8 Å². The number of rotatable bonds is 5. The molecule has 10 heteroatoms. The van der Waals surface area contributed by atoms with Crippen LogP contribution in [-0.2, 0) is 6.42 Å². The largest absolute Gasteiger partial charge is 0.477 e. The van der Waals surface area contributed by atoms with Crippen molar-refractivity contribution in [2.45, 2.75) is 52.0 Å². The number of carbonyl (C=O) groups excluding carboxylic acids is 1. The van der Waals surface area contributed by atoms with Gasteiger partial charge in [0.15, 0.2) is 5.65 Å².